The van der Waals surface area contributed by atoms with Crippen LogP contribution in [0.3, 0.4) is 0 Å². The number of thiol groups is 1. The van der Waals surface area contributed by atoms with Gasteiger partial charge < -0.3 is 4.74 Å². The average Bonchev–Trinajstić information content (AvgIpc) is 2.10. The molecule has 0 atom stereocenters. The number of hydrogen-bond acceptors (Lipinski definition) is 3. The van der Waals surface area contributed by atoms with Crippen molar-refractivity contribution in [1.82, 2.24) is 0 Å². The minimum atomic E-state index is -0.216. The Hall–Kier alpha value is 0.443. The third-order valence-corrected chi connectivity index (χ3v) is 2.08. The van der Waals surface area contributed by atoms with Gasteiger partial charge in [0.2, 0.25) is 0 Å². The van der Waals surface area contributed by atoms with Crippen molar-refractivity contribution >= 4 is 18.6 Å². The Bertz CT molecular complexity index is 140. The van der Waals surface area contributed by atoms with E-state index in [1.54, 1.807) is 0 Å². The largest absolute Gasteiger partial charge is 0.465 e. The van der Waals surface area contributed by atoms with Gasteiger partial charge in [-0.25, -0.2) is 0 Å². The molecular formula is C10H20O2SZn. The third-order valence-electron chi connectivity index (χ3n) is 1.82. The van der Waals surface area contributed by atoms with Gasteiger partial charge in [-0.15, -0.1) is 0 Å². The Kier molecular flexibility index (Phi) is 13.9. The molecule has 0 aromatic heterocycles. The second-order valence-electron chi connectivity index (χ2n) is 3.62. The van der Waals surface area contributed by atoms with Crippen molar-refractivity contribution in [2.45, 2.75) is 39.5 Å². The van der Waals surface area contributed by atoms with Gasteiger partial charge in [-0.1, -0.05) is 33.1 Å². The molecule has 0 aliphatic carbocycles. The molecule has 0 aromatic rings. The van der Waals surface area contributed by atoms with Crippen molar-refractivity contribution in [3.63, 3.8) is 0 Å². The first kappa shape index (κ1) is 16.9. The summed E-state index contributed by atoms with van der Waals surface area (Å²) in [6, 6.07) is 0. The fraction of sp³-hybridized carbons (Fsp3) is 0.900. The van der Waals surface area contributed by atoms with Crippen LogP contribution < -0.4 is 0 Å². The normalized spacial score (nSPS) is 9.71. The van der Waals surface area contributed by atoms with Crippen LogP contribution in [0.1, 0.15) is 39.5 Å². The van der Waals surface area contributed by atoms with Crippen LogP contribution in [-0.2, 0) is 29.0 Å². The standard InChI is InChI=1S/C10H20O2S.Zn/c1-9(2)6-4-3-5-7-12-10(11)8-13;/h9,13H,3-8H2,1-2H3;. The Morgan fingerprint density at radius 3 is 2.43 bits per heavy atom. The molecule has 0 aliphatic heterocycles. The van der Waals surface area contributed by atoms with E-state index in [1.807, 2.05) is 0 Å². The summed E-state index contributed by atoms with van der Waals surface area (Å²) < 4.78 is 4.88. The average molecular weight is 270 g/mol. The number of ether oxygens (including phenoxy) is 1. The van der Waals surface area contributed by atoms with Crippen LogP contribution in [0.5, 0.6) is 0 Å². The maximum Gasteiger partial charge on any atom is 0.315 e. The van der Waals surface area contributed by atoms with E-state index >= 15 is 0 Å². The molecule has 0 saturated carbocycles. The van der Waals surface area contributed by atoms with E-state index < -0.39 is 0 Å². The number of esters is 1. The first-order chi connectivity index (χ1) is 6.16. The predicted octanol–water partition coefficient (Wildman–Crippen LogP) is 2.67. The monoisotopic (exact) mass is 268 g/mol. The topological polar surface area (TPSA) is 26.3 Å². The first-order valence-electron chi connectivity index (χ1n) is 4.93. The van der Waals surface area contributed by atoms with E-state index in [9.17, 15) is 4.79 Å². The van der Waals surface area contributed by atoms with Crippen LogP contribution in [-0.4, -0.2) is 18.3 Å². The predicted molar refractivity (Wildman–Crippen MR) is 58.1 cm³/mol. The van der Waals surface area contributed by atoms with Crippen molar-refractivity contribution in [3.8, 4) is 0 Å². The molecule has 14 heavy (non-hydrogen) atoms. The van der Waals surface area contributed by atoms with E-state index in [4.69, 9.17) is 4.74 Å². The van der Waals surface area contributed by atoms with Crippen LogP contribution in [0.4, 0.5) is 0 Å². The molecular weight excluding hydrogens is 250 g/mol. The van der Waals surface area contributed by atoms with Gasteiger partial charge in [0.25, 0.3) is 0 Å². The van der Waals surface area contributed by atoms with Gasteiger partial charge in [-0.05, 0) is 12.3 Å². The summed E-state index contributed by atoms with van der Waals surface area (Å²) in [6.07, 6.45) is 4.63. The number of hydrogen-bond donors (Lipinski definition) is 1. The van der Waals surface area contributed by atoms with Crippen LogP contribution in [0.15, 0.2) is 0 Å². The maximum atomic E-state index is 10.7. The summed E-state index contributed by atoms with van der Waals surface area (Å²) in [5.74, 6) is 0.749. The maximum absolute atomic E-state index is 10.7. The van der Waals surface area contributed by atoms with Crippen LogP contribution in [0, 0.1) is 5.92 Å². The van der Waals surface area contributed by atoms with E-state index in [-0.39, 0.29) is 31.2 Å². The zero-order valence-corrected chi connectivity index (χ0v) is 13.2. The smallest absolute Gasteiger partial charge is 0.315 e. The van der Waals surface area contributed by atoms with Gasteiger partial charge in [0.1, 0.15) is 0 Å². The number of carbonyl (C=O) groups excluding carboxylic acids is 1. The minimum absolute atomic E-state index is 0. The molecule has 0 aromatic carbocycles. The van der Waals surface area contributed by atoms with Gasteiger partial charge in [0.15, 0.2) is 0 Å². The summed E-state index contributed by atoms with van der Waals surface area (Å²) in [5.41, 5.74) is 0. The summed E-state index contributed by atoms with van der Waals surface area (Å²) in [4.78, 5) is 10.7. The summed E-state index contributed by atoms with van der Waals surface area (Å²) >= 11 is 3.81. The number of carbonyl (C=O) groups is 1. The number of rotatable bonds is 7. The molecule has 0 rings (SSSR count). The molecule has 0 radical (unpaired) electrons. The second kappa shape index (κ2) is 11.5. The molecule has 0 heterocycles. The summed E-state index contributed by atoms with van der Waals surface area (Å²) in [5, 5.41) is 0. The zero-order valence-electron chi connectivity index (χ0n) is 9.29. The van der Waals surface area contributed by atoms with Gasteiger partial charge in [0.05, 0.1) is 12.4 Å². The summed E-state index contributed by atoms with van der Waals surface area (Å²) in [7, 11) is 0. The Morgan fingerprint density at radius 1 is 1.29 bits per heavy atom. The third kappa shape index (κ3) is 12.4. The van der Waals surface area contributed by atoms with Crippen molar-refractivity contribution in [2.75, 3.05) is 12.4 Å². The van der Waals surface area contributed by atoms with E-state index in [2.05, 4.69) is 26.5 Å². The second-order valence-corrected chi connectivity index (χ2v) is 3.94. The fourth-order valence-corrected chi connectivity index (χ4v) is 1.15. The zero-order chi connectivity index (χ0) is 10.1. The van der Waals surface area contributed by atoms with E-state index in [0.717, 1.165) is 18.8 Å². The van der Waals surface area contributed by atoms with E-state index in [1.165, 1.54) is 12.8 Å². The van der Waals surface area contributed by atoms with E-state index in [0.29, 0.717) is 6.61 Å². The van der Waals surface area contributed by atoms with Gasteiger partial charge in [-0.3, -0.25) is 4.79 Å². The molecule has 0 aliphatic rings. The first-order valence-corrected chi connectivity index (χ1v) is 5.56. The molecule has 0 spiro atoms. The minimum Gasteiger partial charge on any atom is -0.465 e. The van der Waals surface area contributed by atoms with Crippen molar-refractivity contribution in [2.24, 2.45) is 5.92 Å². The molecule has 0 N–H and O–H groups in total. The Labute approximate surface area is 105 Å². The molecule has 0 unspecified atom stereocenters. The molecule has 2 nitrogen and oxygen atoms in total. The van der Waals surface area contributed by atoms with Gasteiger partial charge in [-0.2, -0.15) is 12.6 Å². The van der Waals surface area contributed by atoms with Gasteiger partial charge >= 0.3 is 5.97 Å². The molecule has 0 saturated heterocycles. The molecule has 0 amide bonds. The summed E-state index contributed by atoms with van der Waals surface area (Å²) in [6.45, 7) is 5.00. The molecule has 80 valence electrons. The molecule has 0 bridgehead atoms. The molecule has 0 fully saturated rings. The van der Waals surface area contributed by atoms with Crippen molar-refractivity contribution in [3.05, 3.63) is 0 Å². The fourth-order valence-electron chi connectivity index (χ4n) is 1.06. The van der Waals surface area contributed by atoms with Crippen LogP contribution >= 0.6 is 12.6 Å². The number of unbranched alkanes of at least 4 members (excludes halogenated alkanes) is 2. The van der Waals surface area contributed by atoms with Crippen molar-refractivity contribution < 1.29 is 29.0 Å². The van der Waals surface area contributed by atoms with Gasteiger partial charge in [0, 0.05) is 19.5 Å². The van der Waals surface area contributed by atoms with Crippen molar-refractivity contribution in [1.29, 1.82) is 0 Å². The molecule has 4 heteroatoms. The van der Waals surface area contributed by atoms with Crippen LogP contribution in [0.2, 0.25) is 0 Å². The Morgan fingerprint density at radius 2 is 1.93 bits per heavy atom. The Balaban J connectivity index is 0. The quantitative estimate of drug-likeness (QED) is 0.333. The SMILES string of the molecule is CC(C)CCCCCOC(=O)CS.[Zn]. The van der Waals surface area contributed by atoms with Crippen LogP contribution in [0.25, 0.3) is 0 Å².